The summed E-state index contributed by atoms with van der Waals surface area (Å²) in [5, 5.41) is 11.2. The zero-order valence-corrected chi connectivity index (χ0v) is 17.7. The number of hydrogen-bond donors (Lipinski definition) is 1. The van der Waals surface area contributed by atoms with Crippen molar-refractivity contribution in [2.45, 2.75) is 42.9 Å². The molecule has 1 aliphatic heterocycles. The molecule has 29 heavy (non-hydrogen) atoms. The second-order valence-electron chi connectivity index (χ2n) is 7.14. The van der Waals surface area contributed by atoms with Gasteiger partial charge in [0.25, 0.3) is 10.0 Å². The Bertz CT molecular complexity index is 1120. The van der Waals surface area contributed by atoms with Gasteiger partial charge in [0.2, 0.25) is 5.91 Å². The maximum absolute atomic E-state index is 12.8. The van der Waals surface area contributed by atoms with Crippen LogP contribution in [0.3, 0.4) is 0 Å². The summed E-state index contributed by atoms with van der Waals surface area (Å²) in [6.07, 6.45) is 4.84. The number of carbonyl (C=O) groups excluding carboxylic acids is 1. The summed E-state index contributed by atoms with van der Waals surface area (Å²) in [4.78, 5) is 13.2. The molecule has 1 saturated heterocycles. The summed E-state index contributed by atoms with van der Waals surface area (Å²) in [7, 11) is -3.46. The predicted octanol–water partition coefficient (Wildman–Crippen LogP) is 2.39. The average molecular weight is 434 g/mol. The SMILES string of the molecule is CC(NC(=O)Cc1ccc(S(=O)(=O)N2CCCCC2)s1)c1nnc2ccccn12. The number of pyridine rings is 1. The molecule has 8 nitrogen and oxygen atoms in total. The molecule has 3 aromatic rings. The van der Waals surface area contributed by atoms with Crippen LogP contribution in [0.1, 0.15) is 42.9 Å². The van der Waals surface area contributed by atoms with Gasteiger partial charge in [-0.2, -0.15) is 4.31 Å². The van der Waals surface area contributed by atoms with Crippen molar-refractivity contribution in [3.05, 3.63) is 47.2 Å². The van der Waals surface area contributed by atoms with Crippen LogP contribution in [-0.2, 0) is 21.2 Å². The van der Waals surface area contributed by atoms with Gasteiger partial charge in [0.05, 0.1) is 12.5 Å². The monoisotopic (exact) mass is 433 g/mol. The van der Waals surface area contributed by atoms with E-state index in [1.807, 2.05) is 35.7 Å². The van der Waals surface area contributed by atoms with E-state index in [-0.39, 0.29) is 18.4 Å². The Labute approximate surface area is 173 Å². The lowest BCUT2D eigenvalue weighted by molar-refractivity contribution is -0.121. The van der Waals surface area contributed by atoms with E-state index in [4.69, 9.17) is 0 Å². The predicted molar refractivity (Wildman–Crippen MR) is 110 cm³/mol. The first-order chi connectivity index (χ1) is 13.9. The first-order valence-corrected chi connectivity index (χ1v) is 11.9. The van der Waals surface area contributed by atoms with E-state index in [0.29, 0.717) is 23.1 Å². The maximum Gasteiger partial charge on any atom is 0.252 e. The van der Waals surface area contributed by atoms with Gasteiger partial charge in [-0.3, -0.25) is 9.20 Å². The lowest BCUT2D eigenvalue weighted by Gasteiger charge is -2.25. The molecule has 1 amide bonds. The normalized spacial score (nSPS) is 16.7. The van der Waals surface area contributed by atoms with E-state index < -0.39 is 10.0 Å². The minimum Gasteiger partial charge on any atom is -0.346 e. The highest BCUT2D eigenvalue weighted by molar-refractivity contribution is 7.91. The van der Waals surface area contributed by atoms with E-state index in [0.717, 1.165) is 29.8 Å². The fourth-order valence-corrected chi connectivity index (χ4v) is 6.52. The molecule has 1 fully saturated rings. The van der Waals surface area contributed by atoms with Crippen molar-refractivity contribution in [2.24, 2.45) is 0 Å². The van der Waals surface area contributed by atoms with Crippen molar-refractivity contribution in [1.29, 1.82) is 0 Å². The fourth-order valence-electron chi connectivity index (χ4n) is 3.49. The van der Waals surface area contributed by atoms with Crippen molar-refractivity contribution in [2.75, 3.05) is 13.1 Å². The number of amides is 1. The van der Waals surface area contributed by atoms with Gasteiger partial charge < -0.3 is 5.32 Å². The zero-order chi connectivity index (χ0) is 20.4. The molecule has 4 rings (SSSR count). The van der Waals surface area contributed by atoms with Crippen molar-refractivity contribution in [1.82, 2.24) is 24.2 Å². The van der Waals surface area contributed by atoms with E-state index in [1.54, 1.807) is 16.4 Å². The van der Waals surface area contributed by atoms with Crippen LogP contribution in [0.25, 0.3) is 5.65 Å². The van der Waals surface area contributed by atoms with E-state index in [1.165, 1.54) is 11.3 Å². The van der Waals surface area contributed by atoms with Crippen LogP contribution in [-0.4, -0.2) is 46.3 Å². The largest absolute Gasteiger partial charge is 0.346 e. The molecule has 0 aliphatic carbocycles. The molecule has 0 saturated carbocycles. The van der Waals surface area contributed by atoms with Crippen LogP contribution in [0.2, 0.25) is 0 Å². The molecule has 1 N–H and O–H groups in total. The molecule has 1 atom stereocenters. The second kappa shape index (κ2) is 8.21. The molecule has 10 heteroatoms. The Kier molecular flexibility index (Phi) is 5.66. The summed E-state index contributed by atoms with van der Waals surface area (Å²) in [6.45, 7) is 2.99. The quantitative estimate of drug-likeness (QED) is 0.644. The van der Waals surface area contributed by atoms with Gasteiger partial charge >= 0.3 is 0 Å². The number of rotatable bonds is 6. The molecular weight excluding hydrogens is 410 g/mol. The second-order valence-corrected chi connectivity index (χ2v) is 10.5. The van der Waals surface area contributed by atoms with Gasteiger partial charge in [-0.15, -0.1) is 21.5 Å². The standard InChI is InChI=1S/C19H23N5O3S2/c1-14(19-22-21-16-7-3-6-12-24(16)19)20-17(25)13-15-8-9-18(28-15)29(26,27)23-10-4-2-5-11-23/h3,6-9,12,14H,2,4-5,10-11,13H2,1H3,(H,20,25). The number of piperidine rings is 1. The summed E-state index contributed by atoms with van der Waals surface area (Å²) < 4.78 is 29.2. The topological polar surface area (TPSA) is 96.7 Å². The third-order valence-electron chi connectivity index (χ3n) is 4.99. The number of hydrogen-bond acceptors (Lipinski definition) is 6. The minimum absolute atomic E-state index is 0.126. The summed E-state index contributed by atoms with van der Waals surface area (Å²) in [6, 6.07) is 8.61. The third-order valence-corrected chi connectivity index (χ3v) is 8.44. The molecule has 0 aromatic carbocycles. The number of aromatic nitrogens is 3. The van der Waals surface area contributed by atoms with E-state index in [2.05, 4.69) is 15.5 Å². The maximum atomic E-state index is 12.8. The van der Waals surface area contributed by atoms with Gasteiger partial charge in [0.1, 0.15) is 4.21 Å². The van der Waals surface area contributed by atoms with Crippen molar-refractivity contribution >= 4 is 32.9 Å². The minimum atomic E-state index is -3.46. The summed E-state index contributed by atoms with van der Waals surface area (Å²) in [5.74, 6) is 0.461. The van der Waals surface area contributed by atoms with Crippen LogP contribution in [0.15, 0.2) is 40.7 Å². The Hall–Kier alpha value is -2.30. The van der Waals surface area contributed by atoms with Crippen molar-refractivity contribution < 1.29 is 13.2 Å². The van der Waals surface area contributed by atoms with Crippen molar-refractivity contribution in [3.63, 3.8) is 0 Å². The highest BCUT2D eigenvalue weighted by Crippen LogP contribution is 2.27. The molecule has 4 heterocycles. The lowest BCUT2D eigenvalue weighted by Crippen LogP contribution is -2.35. The fraction of sp³-hybridized carbons (Fsp3) is 0.421. The van der Waals surface area contributed by atoms with Crippen molar-refractivity contribution in [3.8, 4) is 0 Å². The number of nitrogens with zero attached hydrogens (tertiary/aromatic N) is 4. The molecule has 0 bridgehead atoms. The Balaban J connectivity index is 1.41. The number of nitrogens with one attached hydrogen (secondary N) is 1. The first kappa shape index (κ1) is 20.0. The Morgan fingerprint density at radius 3 is 2.76 bits per heavy atom. The molecule has 1 aliphatic rings. The van der Waals surface area contributed by atoms with Crippen LogP contribution in [0.4, 0.5) is 0 Å². The van der Waals surface area contributed by atoms with Crippen LogP contribution in [0, 0.1) is 0 Å². The Morgan fingerprint density at radius 1 is 1.17 bits per heavy atom. The summed E-state index contributed by atoms with van der Waals surface area (Å²) in [5.41, 5.74) is 0.717. The van der Waals surface area contributed by atoms with Gasteiger partial charge in [0.15, 0.2) is 11.5 Å². The molecule has 1 unspecified atom stereocenters. The van der Waals surface area contributed by atoms with Gasteiger partial charge in [0, 0.05) is 24.2 Å². The molecule has 154 valence electrons. The zero-order valence-electron chi connectivity index (χ0n) is 16.1. The molecule has 0 radical (unpaired) electrons. The Morgan fingerprint density at radius 2 is 1.97 bits per heavy atom. The van der Waals surface area contributed by atoms with Gasteiger partial charge in [-0.1, -0.05) is 12.5 Å². The molecule has 3 aromatic heterocycles. The molecular formula is C19H23N5O3S2. The number of sulfonamides is 1. The van der Waals surface area contributed by atoms with Gasteiger partial charge in [-0.25, -0.2) is 8.42 Å². The van der Waals surface area contributed by atoms with E-state index in [9.17, 15) is 13.2 Å². The number of carbonyl (C=O) groups is 1. The van der Waals surface area contributed by atoms with Gasteiger partial charge in [-0.05, 0) is 44.0 Å². The average Bonchev–Trinajstić information content (AvgIpc) is 3.36. The number of fused-ring (bicyclic) bond motifs is 1. The summed E-state index contributed by atoms with van der Waals surface area (Å²) >= 11 is 1.17. The molecule has 0 spiro atoms. The first-order valence-electron chi connectivity index (χ1n) is 9.63. The highest BCUT2D eigenvalue weighted by Gasteiger charge is 2.27. The lowest BCUT2D eigenvalue weighted by atomic mass is 10.2. The number of thiophene rings is 1. The van der Waals surface area contributed by atoms with Crippen LogP contribution in [0.5, 0.6) is 0 Å². The van der Waals surface area contributed by atoms with Crippen LogP contribution >= 0.6 is 11.3 Å². The highest BCUT2D eigenvalue weighted by atomic mass is 32.2. The smallest absolute Gasteiger partial charge is 0.252 e. The third kappa shape index (κ3) is 4.19. The van der Waals surface area contributed by atoms with Crippen LogP contribution < -0.4 is 5.32 Å². The van der Waals surface area contributed by atoms with E-state index >= 15 is 0 Å².